The van der Waals surface area contributed by atoms with Gasteiger partial charge in [0, 0.05) is 18.0 Å². The molecule has 0 unspecified atom stereocenters. The molecule has 1 aliphatic rings. The Balaban J connectivity index is 1.92. The second-order valence-corrected chi connectivity index (χ2v) is 6.69. The van der Waals surface area contributed by atoms with Gasteiger partial charge in [0.25, 0.3) is 5.91 Å². The summed E-state index contributed by atoms with van der Waals surface area (Å²) in [7, 11) is 1.65. The van der Waals surface area contributed by atoms with E-state index in [0.717, 1.165) is 35.0 Å². The van der Waals surface area contributed by atoms with Crippen molar-refractivity contribution in [3.05, 3.63) is 45.4 Å². The summed E-state index contributed by atoms with van der Waals surface area (Å²) in [5.74, 6) is 0.733. The topological polar surface area (TPSA) is 42.4 Å². The highest BCUT2D eigenvalue weighted by Crippen LogP contribution is 2.38. The lowest BCUT2D eigenvalue weighted by atomic mass is 9.96. The monoisotopic (exact) mass is 328 g/mol. The maximum Gasteiger partial charge on any atom is 0.251 e. The molecule has 0 spiro atoms. The Morgan fingerprint density at radius 1 is 1.39 bits per heavy atom. The molecule has 1 aromatic heterocycles. The summed E-state index contributed by atoms with van der Waals surface area (Å²) >= 11 is 1.58. The lowest BCUT2D eigenvalue weighted by molar-refractivity contribution is -0.114. The van der Waals surface area contributed by atoms with E-state index < -0.39 is 0 Å². The first-order chi connectivity index (χ1) is 11.1. The molecule has 1 aliphatic heterocycles. The summed E-state index contributed by atoms with van der Waals surface area (Å²) < 4.78 is 5.49. The normalized spacial score (nSPS) is 14.1. The van der Waals surface area contributed by atoms with Crippen LogP contribution in [0.5, 0.6) is 5.75 Å². The van der Waals surface area contributed by atoms with Gasteiger partial charge in [0.2, 0.25) is 0 Å². The lowest BCUT2D eigenvalue weighted by Crippen LogP contribution is -2.34. The molecule has 0 aliphatic carbocycles. The third-order valence-electron chi connectivity index (χ3n) is 4.08. The van der Waals surface area contributed by atoms with Crippen molar-refractivity contribution in [1.29, 1.82) is 0 Å². The number of hydrogen-bond donors (Lipinski definition) is 0. The van der Waals surface area contributed by atoms with Gasteiger partial charge in [0.15, 0.2) is 0 Å². The zero-order valence-corrected chi connectivity index (χ0v) is 14.4. The molecule has 120 valence electrons. The van der Waals surface area contributed by atoms with Crippen LogP contribution in [0.1, 0.15) is 28.2 Å². The van der Waals surface area contributed by atoms with Crippen molar-refractivity contribution < 1.29 is 9.53 Å². The predicted molar refractivity (Wildman–Crippen MR) is 94.3 cm³/mol. The molecular weight excluding hydrogens is 308 g/mol. The zero-order chi connectivity index (χ0) is 16.4. The van der Waals surface area contributed by atoms with Crippen LogP contribution in [-0.2, 0) is 11.2 Å². The van der Waals surface area contributed by atoms with E-state index in [-0.39, 0.29) is 5.91 Å². The van der Waals surface area contributed by atoms with Crippen LogP contribution in [0, 0.1) is 13.8 Å². The molecule has 23 heavy (non-hydrogen) atoms. The third kappa shape index (κ3) is 3.15. The van der Waals surface area contributed by atoms with Crippen molar-refractivity contribution in [3.63, 3.8) is 0 Å². The van der Waals surface area contributed by atoms with Gasteiger partial charge in [0.1, 0.15) is 5.75 Å². The van der Waals surface area contributed by atoms with Crippen LogP contribution in [0.15, 0.2) is 23.6 Å². The average molecular weight is 328 g/mol. The number of rotatable bonds is 3. The number of hydrogen-bond acceptors (Lipinski definition) is 4. The lowest BCUT2D eigenvalue weighted by Gasteiger charge is -2.31. The van der Waals surface area contributed by atoms with Crippen molar-refractivity contribution in [2.24, 2.45) is 0 Å². The highest BCUT2D eigenvalue weighted by molar-refractivity contribution is 7.09. The van der Waals surface area contributed by atoms with E-state index >= 15 is 0 Å². The number of benzene rings is 1. The van der Waals surface area contributed by atoms with Gasteiger partial charge in [-0.05, 0) is 50.0 Å². The van der Waals surface area contributed by atoms with Crippen LogP contribution in [0.2, 0.25) is 0 Å². The van der Waals surface area contributed by atoms with Gasteiger partial charge >= 0.3 is 0 Å². The number of ether oxygens (including phenoxy) is 1. The van der Waals surface area contributed by atoms with Crippen LogP contribution < -0.4 is 9.64 Å². The molecule has 0 saturated heterocycles. The summed E-state index contributed by atoms with van der Waals surface area (Å²) in [5, 5.41) is 2.95. The second-order valence-electron chi connectivity index (χ2n) is 5.63. The number of methoxy groups -OCH3 is 1. The van der Waals surface area contributed by atoms with Crippen LogP contribution in [0.4, 0.5) is 5.69 Å². The van der Waals surface area contributed by atoms with Crippen molar-refractivity contribution in [3.8, 4) is 5.75 Å². The van der Waals surface area contributed by atoms with Gasteiger partial charge in [0.05, 0.1) is 23.5 Å². The third-order valence-corrected chi connectivity index (χ3v) is 4.87. The van der Waals surface area contributed by atoms with E-state index in [0.29, 0.717) is 6.54 Å². The van der Waals surface area contributed by atoms with E-state index in [4.69, 9.17) is 4.74 Å². The molecular formula is C18H20N2O2S. The molecule has 0 bridgehead atoms. The number of nitrogens with zero attached hydrogens (tertiary/aromatic N) is 2. The van der Waals surface area contributed by atoms with E-state index in [2.05, 4.69) is 18.0 Å². The van der Waals surface area contributed by atoms with Gasteiger partial charge < -0.3 is 9.64 Å². The number of anilines is 1. The quantitative estimate of drug-likeness (QED) is 0.806. The van der Waals surface area contributed by atoms with Crippen molar-refractivity contribution in [1.82, 2.24) is 4.98 Å². The van der Waals surface area contributed by atoms with Crippen molar-refractivity contribution >= 4 is 29.0 Å². The number of amides is 1. The molecule has 0 atom stereocenters. The average Bonchev–Trinajstić information content (AvgIpc) is 2.98. The minimum atomic E-state index is -0.0273. The molecule has 5 heteroatoms. The molecule has 1 aromatic carbocycles. The summed E-state index contributed by atoms with van der Waals surface area (Å²) in [6.45, 7) is 4.75. The van der Waals surface area contributed by atoms with Crippen LogP contribution >= 0.6 is 11.3 Å². The summed E-state index contributed by atoms with van der Waals surface area (Å²) in [6.07, 6.45) is 5.33. The van der Waals surface area contributed by atoms with Crippen LogP contribution in [0.25, 0.3) is 6.08 Å². The Morgan fingerprint density at radius 2 is 2.22 bits per heavy atom. The van der Waals surface area contributed by atoms with E-state index in [9.17, 15) is 4.79 Å². The number of carbonyl (C=O) groups is 1. The van der Waals surface area contributed by atoms with Gasteiger partial charge in [-0.3, -0.25) is 4.79 Å². The molecule has 0 N–H and O–H groups in total. The van der Waals surface area contributed by atoms with E-state index in [1.807, 2.05) is 23.3 Å². The molecule has 0 radical (unpaired) electrons. The summed E-state index contributed by atoms with van der Waals surface area (Å²) in [4.78, 5) is 18.9. The molecule has 2 aromatic rings. The number of carbonyl (C=O) groups excluding carboxylic acids is 1. The van der Waals surface area contributed by atoms with Gasteiger partial charge in [-0.15, -0.1) is 11.3 Å². The van der Waals surface area contributed by atoms with Crippen molar-refractivity contribution in [2.45, 2.75) is 26.7 Å². The smallest absolute Gasteiger partial charge is 0.251 e. The Labute approximate surface area is 140 Å². The fraction of sp³-hybridized carbons (Fsp3) is 0.333. The van der Waals surface area contributed by atoms with Crippen LogP contribution in [-0.4, -0.2) is 24.5 Å². The first-order valence-electron chi connectivity index (χ1n) is 7.68. The molecule has 1 amide bonds. The number of aryl methyl sites for hydroxylation is 2. The fourth-order valence-electron chi connectivity index (χ4n) is 2.94. The highest BCUT2D eigenvalue weighted by Gasteiger charge is 2.25. The molecule has 2 heterocycles. The second kappa shape index (κ2) is 6.54. The Hall–Kier alpha value is -2.14. The molecule has 0 fully saturated rings. The minimum absolute atomic E-state index is 0.0273. The summed E-state index contributed by atoms with van der Waals surface area (Å²) in [6, 6.07) is 3.99. The Bertz CT molecular complexity index is 764. The van der Waals surface area contributed by atoms with E-state index in [1.54, 1.807) is 30.6 Å². The van der Waals surface area contributed by atoms with Crippen LogP contribution in [0.3, 0.4) is 0 Å². The Morgan fingerprint density at radius 3 is 2.91 bits per heavy atom. The first kappa shape index (κ1) is 15.7. The summed E-state index contributed by atoms with van der Waals surface area (Å²) in [5.41, 5.74) is 4.16. The number of fused-ring (bicyclic) bond motifs is 1. The maximum atomic E-state index is 12.7. The molecule has 0 saturated carbocycles. The van der Waals surface area contributed by atoms with Gasteiger partial charge in [-0.1, -0.05) is 6.07 Å². The molecule has 4 nitrogen and oxygen atoms in total. The van der Waals surface area contributed by atoms with Gasteiger partial charge in [-0.2, -0.15) is 0 Å². The minimum Gasteiger partial charge on any atom is -0.495 e. The van der Waals surface area contributed by atoms with Gasteiger partial charge in [-0.25, -0.2) is 4.98 Å². The highest BCUT2D eigenvalue weighted by atomic mass is 32.1. The number of thiazole rings is 1. The maximum absolute atomic E-state index is 12.7. The first-order valence-corrected chi connectivity index (χ1v) is 8.56. The SMILES string of the molecule is COc1ccc(C)c2c1N(C(=O)/C=C/c1csc(C)n1)CCC2. The number of aromatic nitrogens is 1. The zero-order valence-electron chi connectivity index (χ0n) is 13.6. The Kier molecular flexibility index (Phi) is 4.48. The fourth-order valence-corrected chi connectivity index (χ4v) is 3.52. The van der Waals surface area contributed by atoms with E-state index in [1.165, 1.54) is 11.1 Å². The largest absolute Gasteiger partial charge is 0.495 e. The van der Waals surface area contributed by atoms with Crippen molar-refractivity contribution in [2.75, 3.05) is 18.6 Å². The molecule has 3 rings (SSSR count). The standard InChI is InChI=1S/C18H20N2O2S/c1-12-6-8-16(22-3)18-15(12)5-4-10-20(18)17(21)9-7-14-11-23-13(2)19-14/h6-9,11H,4-5,10H2,1-3H3/b9-7+. The predicted octanol–water partition coefficient (Wildman–Crippen LogP) is 3.76.